The number of carboxylic acid groups (broad SMARTS) is 1. The minimum atomic E-state index is -0.816. The van der Waals surface area contributed by atoms with E-state index in [1.807, 2.05) is 19.9 Å². The Labute approximate surface area is 127 Å². The summed E-state index contributed by atoms with van der Waals surface area (Å²) in [6, 6.07) is 5.05. The summed E-state index contributed by atoms with van der Waals surface area (Å²) in [5, 5.41) is 13.2. The van der Waals surface area contributed by atoms with E-state index in [1.54, 1.807) is 23.9 Å². The quantitative estimate of drug-likeness (QED) is 0.747. The van der Waals surface area contributed by atoms with E-state index in [2.05, 4.69) is 5.32 Å². The minimum Gasteiger partial charge on any atom is -0.480 e. The van der Waals surface area contributed by atoms with E-state index in [-0.39, 0.29) is 6.04 Å². The molecule has 2 N–H and O–H groups in total. The Morgan fingerprint density at radius 2 is 2.05 bits per heavy atom. The summed E-state index contributed by atoms with van der Waals surface area (Å²) in [7, 11) is 0. The molecule has 0 aliphatic heterocycles. The van der Waals surface area contributed by atoms with Crippen molar-refractivity contribution in [1.82, 2.24) is 5.32 Å². The number of carboxylic acids is 1. The van der Waals surface area contributed by atoms with Crippen LogP contribution in [-0.2, 0) is 4.79 Å². The molecular formula is C13H17Cl2NO2S. The Kier molecular flexibility index (Phi) is 7.00. The molecular weight excluding hydrogens is 305 g/mol. The topological polar surface area (TPSA) is 49.3 Å². The number of benzene rings is 1. The van der Waals surface area contributed by atoms with Crippen LogP contribution in [0.2, 0.25) is 10.0 Å². The van der Waals surface area contributed by atoms with E-state index in [0.29, 0.717) is 22.2 Å². The van der Waals surface area contributed by atoms with Gasteiger partial charge in [0.1, 0.15) is 6.04 Å². The van der Waals surface area contributed by atoms with Crippen LogP contribution in [0.4, 0.5) is 0 Å². The highest BCUT2D eigenvalue weighted by Crippen LogP contribution is 2.28. The monoisotopic (exact) mass is 321 g/mol. The van der Waals surface area contributed by atoms with Crippen molar-refractivity contribution in [3.05, 3.63) is 28.2 Å². The molecule has 1 rings (SSSR count). The minimum absolute atomic E-state index is 0.149. The molecule has 0 aliphatic rings. The first-order valence-corrected chi connectivity index (χ1v) is 7.71. The van der Waals surface area contributed by atoms with Crippen molar-refractivity contribution in [3.8, 4) is 0 Å². The summed E-state index contributed by atoms with van der Waals surface area (Å²) in [6.07, 6.45) is 0.554. The van der Waals surface area contributed by atoms with Gasteiger partial charge in [0.05, 0.1) is 10.0 Å². The molecule has 1 atom stereocenters. The van der Waals surface area contributed by atoms with Gasteiger partial charge in [-0.25, -0.2) is 0 Å². The highest BCUT2D eigenvalue weighted by Gasteiger charge is 2.17. The second-order valence-electron chi connectivity index (χ2n) is 4.43. The van der Waals surface area contributed by atoms with E-state index < -0.39 is 12.0 Å². The van der Waals surface area contributed by atoms with Crippen LogP contribution < -0.4 is 5.32 Å². The fourth-order valence-corrected chi connectivity index (χ4v) is 2.86. The summed E-state index contributed by atoms with van der Waals surface area (Å²) >= 11 is 13.3. The van der Waals surface area contributed by atoms with Crippen LogP contribution in [0.25, 0.3) is 0 Å². The zero-order valence-corrected chi connectivity index (χ0v) is 13.1. The largest absolute Gasteiger partial charge is 0.480 e. The van der Waals surface area contributed by atoms with Gasteiger partial charge < -0.3 is 10.4 Å². The second kappa shape index (κ2) is 8.00. The van der Waals surface area contributed by atoms with E-state index in [1.165, 1.54) is 0 Å². The maximum Gasteiger partial charge on any atom is 0.320 e. The number of rotatable bonds is 7. The van der Waals surface area contributed by atoms with Gasteiger partial charge in [-0.05, 0) is 24.6 Å². The van der Waals surface area contributed by atoms with Crippen molar-refractivity contribution < 1.29 is 9.90 Å². The predicted molar refractivity (Wildman–Crippen MR) is 81.5 cm³/mol. The fraction of sp³-hybridized carbons (Fsp3) is 0.462. The SMILES string of the molecule is CC(C)NC(CCSc1ccc(Cl)c(Cl)c1)C(=O)O. The molecule has 1 aromatic carbocycles. The van der Waals surface area contributed by atoms with Crippen LogP contribution in [0.3, 0.4) is 0 Å². The van der Waals surface area contributed by atoms with Gasteiger partial charge in [0.2, 0.25) is 0 Å². The summed E-state index contributed by atoms with van der Waals surface area (Å²) in [5.41, 5.74) is 0. The van der Waals surface area contributed by atoms with Crippen molar-refractivity contribution in [2.45, 2.75) is 37.2 Å². The third kappa shape index (κ3) is 6.04. The Hall–Kier alpha value is -0.420. The molecule has 0 saturated heterocycles. The highest BCUT2D eigenvalue weighted by atomic mass is 35.5. The van der Waals surface area contributed by atoms with Crippen LogP contribution in [0.15, 0.2) is 23.1 Å². The molecule has 6 heteroatoms. The number of nitrogens with one attached hydrogen (secondary N) is 1. The normalized spacial score (nSPS) is 12.7. The average Bonchev–Trinajstić information content (AvgIpc) is 2.31. The summed E-state index contributed by atoms with van der Waals surface area (Å²) < 4.78 is 0. The van der Waals surface area contributed by atoms with Crippen molar-refractivity contribution >= 4 is 40.9 Å². The first-order valence-electron chi connectivity index (χ1n) is 5.97. The molecule has 0 heterocycles. The van der Waals surface area contributed by atoms with E-state index in [0.717, 1.165) is 4.90 Å². The molecule has 3 nitrogen and oxygen atoms in total. The Balaban J connectivity index is 2.47. The summed E-state index contributed by atoms with van der Waals surface area (Å²) in [6.45, 7) is 3.87. The fourth-order valence-electron chi connectivity index (χ4n) is 1.54. The average molecular weight is 322 g/mol. The van der Waals surface area contributed by atoms with Gasteiger partial charge >= 0.3 is 5.97 Å². The van der Waals surface area contributed by atoms with Crippen molar-refractivity contribution in [1.29, 1.82) is 0 Å². The number of carbonyl (C=O) groups is 1. The molecule has 0 aliphatic carbocycles. The summed E-state index contributed by atoms with van der Waals surface area (Å²) in [5.74, 6) is -0.113. The Morgan fingerprint density at radius 1 is 1.37 bits per heavy atom. The maximum atomic E-state index is 11.1. The van der Waals surface area contributed by atoms with Crippen LogP contribution in [0, 0.1) is 0 Å². The molecule has 0 radical (unpaired) electrons. The van der Waals surface area contributed by atoms with Crippen molar-refractivity contribution in [2.24, 2.45) is 0 Å². The predicted octanol–water partition coefficient (Wildman–Crippen LogP) is 3.93. The van der Waals surface area contributed by atoms with E-state index in [4.69, 9.17) is 28.3 Å². The lowest BCUT2D eigenvalue weighted by molar-refractivity contribution is -0.139. The van der Waals surface area contributed by atoms with E-state index >= 15 is 0 Å². The van der Waals surface area contributed by atoms with Gasteiger partial charge in [-0.1, -0.05) is 37.0 Å². The van der Waals surface area contributed by atoms with Gasteiger partial charge in [-0.15, -0.1) is 11.8 Å². The second-order valence-corrected chi connectivity index (χ2v) is 6.41. The van der Waals surface area contributed by atoms with Crippen LogP contribution in [0.1, 0.15) is 20.3 Å². The third-order valence-electron chi connectivity index (χ3n) is 2.40. The molecule has 0 aromatic heterocycles. The molecule has 0 saturated carbocycles. The Bertz CT molecular complexity index is 441. The molecule has 1 aromatic rings. The Morgan fingerprint density at radius 3 is 2.58 bits per heavy atom. The molecule has 0 amide bonds. The highest BCUT2D eigenvalue weighted by molar-refractivity contribution is 7.99. The molecule has 19 heavy (non-hydrogen) atoms. The van der Waals surface area contributed by atoms with Gasteiger partial charge in [0.25, 0.3) is 0 Å². The van der Waals surface area contributed by atoms with Gasteiger partial charge in [-0.2, -0.15) is 0 Å². The van der Waals surface area contributed by atoms with Crippen LogP contribution in [-0.4, -0.2) is 28.9 Å². The molecule has 106 valence electrons. The van der Waals surface area contributed by atoms with Gasteiger partial charge in [0.15, 0.2) is 0 Å². The standard InChI is InChI=1S/C13H17Cl2NO2S/c1-8(2)16-12(13(17)18)5-6-19-9-3-4-10(14)11(15)7-9/h3-4,7-8,12,16H,5-6H2,1-2H3,(H,17,18). The number of aliphatic carboxylic acids is 1. The molecule has 0 spiro atoms. The van der Waals surface area contributed by atoms with Crippen molar-refractivity contribution in [2.75, 3.05) is 5.75 Å². The zero-order valence-electron chi connectivity index (χ0n) is 10.8. The first kappa shape index (κ1) is 16.6. The smallest absolute Gasteiger partial charge is 0.320 e. The summed E-state index contributed by atoms with van der Waals surface area (Å²) in [4.78, 5) is 12.1. The zero-order chi connectivity index (χ0) is 14.4. The lowest BCUT2D eigenvalue weighted by atomic mass is 10.2. The van der Waals surface area contributed by atoms with Gasteiger partial charge in [0, 0.05) is 16.7 Å². The number of halogens is 2. The molecule has 0 fully saturated rings. The first-order chi connectivity index (χ1) is 8.90. The van der Waals surface area contributed by atoms with Gasteiger partial charge in [-0.3, -0.25) is 4.79 Å². The third-order valence-corrected chi connectivity index (χ3v) is 4.17. The van der Waals surface area contributed by atoms with E-state index in [9.17, 15) is 4.79 Å². The molecule has 0 bridgehead atoms. The lowest BCUT2D eigenvalue weighted by Gasteiger charge is -2.16. The van der Waals surface area contributed by atoms with Crippen LogP contribution >= 0.6 is 35.0 Å². The number of hydrogen-bond donors (Lipinski definition) is 2. The number of thioether (sulfide) groups is 1. The van der Waals surface area contributed by atoms with Crippen LogP contribution in [0.5, 0.6) is 0 Å². The van der Waals surface area contributed by atoms with Crippen molar-refractivity contribution in [3.63, 3.8) is 0 Å². The number of hydrogen-bond acceptors (Lipinski definition) is 3. The molecule has 1 unspecified atom stereocenters. The lowest BCUT2D eigenvalue weighted by Crippen LogP contribution is -2.41. The maximum absolute atomic E-state index is 11.1.